The summed E-state index contributed by atoms with van der Waals surface area (Å²) in [6.07, 6.45) is -2.94. The van der Waals surface area contributed by atoms with Gasteiger partial charge in [0.1, 0.15) is 11.4 Å². The molecule has 28 heavy (non-hydrogen) atoms. The minimum Gasteiger partial charge on any atom is -0.487 e. The highest BCUT2D eigenvalue weighted by Gasteiger charge is 2.31. The molecule has 3 rings (SSSR count). The first-order valence-corrected chi connectivity index (χ1v) is 7.69. The van der Waals surface area contributed by atoms with Crippen molar-refractivity contribution in [3.05, 3.63) is 54.2 Å². The molecule has 0 spiro atoms. The van der Waals surface area contributed by atoms with Crippen molar-refractivity contribution < 1.29 is 27.4 Å². The van der Waals surface area contributed by atoms with Crippen LogP contribution in [-0.2, 0) is 6.18 Å². The van der Waals surface area contributed by atoms with E-state index in [0.717, 1.165) is 12.1 Å². The van der Waals surface area contributed by atoms with E-state index in [0.29, 0.717) is 5.69 Å². The number of hydrogen-bond donors (Lipinski definition) is 0. The van der Waals surface area contributed by atoms with E-state index in [9.17, 15) is 13.2 Å². The average molecular weight is 393 g/mol. The van der Waals surface area contributed by atoms with E-state index < -0.39 is 11.7 Å². The largest absolute Gasteiger partial charge is 0.487 e. The Morgan fingerprint density at radius 3 is 2.25 bits per heavy atom. The highest BCUT2D eigenvalue weighted by atomic mass is 19.4. The number of aromatic nitrogens is 3. The highest BCUT2D eigenvalue weighted by Crippen LogP contribution is 2.39. The maximum atomic E-state index is 12.9. The standard InChI is InChI=1S/C18H14F3N3O3.CH4/c1-25-14-16(26-2)23-15(13-8-3-4-9-22-13)24-17(14)27-12-7-5-6-11(10-12)18(19,20)21;/h3-10H,1-2H3;1H4. The quantitative estimate of drug-likeness (QED) is 0.608. The van der Waals surface area contributed by atoms with Gasteiger partial charge in [0.15, 0.2) is 5.82 Å². The Morgan fingerprint density at radius 1 is 0.893 bits per heavy atom. The van der Waals surface area contributed by atoms with E-state index >= 15 is 0 Å². The van der Waals surface area contributed by atoms with Gasteiger partial charge in [-0.1, -0.05) is 19.6 Å². The normalized spacial score (nSPS) is 10.8. The predicted octanol–water partition coefficient (Wildman–Crippen LogP) is 5.00. The number of hydrogen-bond acceptors (Lipinski definition) is 6. The van der Waals surface area contributed by atoms with Gasteiger partial charge in [-0.3, -0.25) is 4.98 Å². The topological polar surface area (TPSA) is 66.4 Å². The highest BCUT2D eigenvalue weighted by molar-refractivity contribution is 5.55. The first kappa shape index (κ1) is 20.9. The first-order valence-electron chi connectivity index (χ1n) is 7.69. The van der Waals surface area contributed by atoms with Crippen molar-refractivity contribution in [2.24, 2.45) is 0 Å². The maximum absolute atomic E-state index is 12.9. The molecule has 2 heterocycles. The van der Waals surface area contributed by atoms with Crippen LogP contribution < -0.4 is 14.2 Å². The molecule has 0 aliphatic carbocycles. The summed E-state index contributed by atoms with van der Waals surface area (Å²) in [6, 6.07) is 9.58. The predicted molar refractivity (Wildman–Crippen MR) is 96.6 cm³/mol. The smallest absolute Gasteiger partial charge is 0.416 e. The molecule has 0 saturated heterocycles. The molecule has 0 saturated carbocycles. The lowest BCUT2D eigenvalue weighted by Gasteiger charge is -2.14. The SMILES string of the molecule is C.COc1nc(-c2ccccn2)nc(Oc2cccc(C(F)(F)F)c2)c1OC. The van der Waals surface area contributed by atoms with Gasteiger partial charge in [-0.2, -0.15) is 23.1 Å². The van der Waals surface area contributed by atoms with Gasteiger partial charge in [0.25, 0.3) is 11.8 Å². The van der Waals surface area contributed by atoms with Crippen molar-refractivity contribution >= 4 is 0 Å². The van der Waals surface area contributed by atoms with Crippen LogP contribution in [-0.4, -0.2) is 29.2 Å². The molecule has 2 aromatic heterocycles. The number of rotatable bonds is 5. The number of ether oxygens (including phenoxy) is 3. The maximum Gasteiger partial charge on any atom is 0.416 e. The fourth-order valence-corrected chi connectivity index (χ4v) is 2.25. The van der Waals surface area contributed by atoms with Gasteiger partial charge in [0.05, 0.1) is 19.8 Å². The van der Waals surface area contributed by atoms with Crippen LogP contribution in [0.2, 0.25) is 0 Å². The van der Waals surface area contributed by atoms with Crippen molar-refractivity contribution in [1.29, 1.82) is 0 Å². The summed E-state index contributed by atoms with van der Waals surface area (Å²) in [7, 11) is 2.72. The third-order valence-corrected chi connectivity index (χ3v) is 3.47. The summed E-state index contributed by atoms with van der Waals surface area (Å²) in [6.45, 7) is 0. The van der Waals surface area contributed by atoms with Gasteiger partial charge in [0, 0.05) is 6.20 Å². The zero-order valence-corrected chi connectivity index (χ0v) is 14.3. The van der Waals surface area contributed by atoms with Gasteiger partial charge in [-0.05, 0) is 30.3 Å². The van der Waals surface area contributed by atoms with Crippen molar-refractivity contribution in [2.75, 3.05) is 14.2 Å². The molecule has 0 N–H and O–H groups in total. The van der Waals surface area contributed by atoms with Gasteiger partial charge in [-0.15, -0.1) is 0 Å². The second-order valence-electron chi connectivity index (χ2n) is 5.24. The molecule has 0 aliphatic rings. The van der Waals surface area contributed by atoms with Crippen LogP contribution in [0.4, 0.5) is 13.2 Å². The Hall–Kier alpha value is -3.36. The molecule has 0 aliphatic heterocycles. The molecular weight excluding hydrogens is 375 g/mol. The second-order valence-corrected chi connectivity index (χ2v) is 5.24. The fraction of sp³-hybridized carbons (Fsp3) is 0.211. The first-order chi connectivity index (χ1) is 12.9. The van der Waals surface area contributed by atoms with Crippen LogP contribution in [0.3, 0.4) is 0 Å². The van der Waals surface area contributed by atoms with E-state index in [2.05, 4.69) is 15.0 Å². The van der Waals surface area contributed by atoms with Crippen molar-refractivity contribution in [2.45, 2.75) is 13.6 Å². The molecule has 0 unspecified atom stereocenters. The third-order valence-electron chi connectivity index (χ3n) is 3.47. The molecule has 148 valence electrons. The van der Waals surface area contributed by atoms with E-state index in [4.69, 9.17) is 14.2 Å². The summed E-state index contributed by atoms with van der Waals surface area (Å²) < 4.78 is 54.7. The van der Waals surface area contributed by atoms with E-state index in [1.54, 1.807) is 24.4 Å². The average Bonchev–Trinajstić information content (AvgIpc) is 2.67. The Kier molecular flexibility index (Phi) is 6.40. The summed E-state index contributed by atoms with van der Waals surface area (Å²) in [5.41, 5.74) is -0.405. The number of pyridine rings is 1. The summed E-state index contributed by atoms with van der Waals surface area (Å²) in [5.74, 6) is 0.139. The van der Waals surface area contributed by atoms with Crippen molar-refractivity contribution in [1.82, 2.24) is 15.0 Å². The molecule has 9 heteroatoms. The Morgan fingerprint density at radius 2 is 1.64 bits per heavy atom. The lowest BCUT2D eigenvalue weighted by Crippen LogP contribution is -2.05. The fourth-order valence-electron chi connectivity index (χ4n) is 2.25. The molecular formula is C19H18F3N3O3. The molecule has 6 nitrogen and oxygen atoms in total. The number of nitrogens with zero attached hydrogens (tertiary/aromatic N) is 3. The van der Waals surface area contributed by atoms with Crippen LogP contribution in [0.15, 0.2) is 48.7 Å². The lowest BCUT2D eigenvalue weighted by molar-refractivity contribution is -0.137. The number of methoxy groups -OCH3 is 2. The molecule has 0 bridgehead atoms. The van der Waals surface area contributed by atoms with Crippen molar-refractivity contribution in [3.63, 3.8) is 0 Å². The van der Waals surface area contributed by atoms with Crippen LogP contribution >= 0.6 is 0 Å². The van der Waals surface area contributed by atoms with Crippen molar-refractivity contribution in [3.8, 4) is 34.8 Å². The van der Waals surface area contributed by atoms with E-state index in [-0.39, 0.29) is 36.5 Å². The zero-order valence-electron chi connectivity index (χ0n) is 14.3. The second kappa shape index (κ2) is 8.55. The molecule has 0 atom stereocenters. The van der Waals surface area contributed by atoms with E-state index in [1.165, 1.54) is 26.4 Å². The number of benzene rings is 1. The Labute approximate surface area is 160 Å². The number of alkyl halides is 3. The summed E-state index contributed by atoms with van der Waals surface area (Å²) >= 11 is 0. The molecule has 3 aromatic rings. The molecule has 1 aromatic carbocycles. The summed E-state index contributed by atoms with van der Waals surface area (Å²) in [5, 5.41) is 0. The van der Waals surface area contributed by atoms with Gasteiger partial charge in [-0.25, -0.2) is 0 Å². The zero-order chi connectivity index (χ0) is 19.4. The van der Waals surface area contributed by atoms with Crippen LogP contribution in [0.25, 0.3) is 11.5 Å². The van der Waals surface area contributed by atoms with Crippen LogP contribution in [0.5, 0.6) is 23.3 Å². The van der Waals surface area contributed by atoms with Gasteiger partial charge in [0.2, 0.25) is 5.75 Å². The van der Waals surface area contributed by atoms with Crippen LogP contribution in [0.1, 0.15) is 13.0 Å². The Bertz CT molecular complexity index is 935. The summed E-state index contributed by atoms with van der Waals surface area (Å²) in [4.78, 5) is 12.6. The Balaban J connectivity index is 0.00000280. The number of halogens is 3. The third kappa shape index (κ3) is 4.48. The van der Waals surface area contributed by atoms with Crippen LogP contribution in [0, 0.1) is 0 Å². The monoisotopic (exact) mass is 393 g/mol. The van der Waals surface area contributed by atoms with Gasteiger partial charge >= 0.3 is 6.18 Å². The molecule has 0 fully saturated rings. The minimum absolute atomic E-state index is 0. The minimum atomic E-state index is -4.49. The molecule has 0 amide bonds. The van der Waals surface area contributed by atoms with Gasteiger partial charge < -0.3 is 14.2 Å². The lowest BCUT2D eigenvalue weighted by atomic mass is 10.2. The molecule has 0 radical (unpaired) electrons. The van der Waals surface area contributed by atoms with E-state index in [1.807, 2.05) is 0 Å².